The number of hydrogen-bond acceptors (Lipinski definition) is 3. The molecular formula is C12H22O3. The van der Waals surface area contributed by atoms with E-state index in [1.54, 1.807) is 13.8 Å². The molecule has 3 heteroatoms. The molecule has 1 aliphatic rings. The van der Waals surface area contributed by atoms with Crippen molar-refractivity contribution in [1.82, 2.24) is 0 Å². The lowest BCUT2D eigenvalue weighted by Gasteiger charge is -2.36. The lowest BCUT2D eigenvalue weighted by atomic mass is 9.72. The zero-order valence-electron chi connectivity index (χ0n) is 10.2. The summed E-state index contributed by atoms with van der Waals surface area (Å²) in [4.78, 5) is 11.7. The smallest absolute Gasteiger partial charge is 0.338 e. The van der Waals surface area contributed by atoms with E-state index in [1.807, 2.05) is 0 Å². The molecule has 2 atom stereocenters. The summed E-state index contributed by atoms with van der Waals surface area (Å²) in [5.41, 5.74) is -1.31. The Hall–Kier alpha value is -0.570. The number of rotatable bonds is 3. The monoisotopic (exact) mass is 214 g/mol. The van der Waals surface area contributed by atoms with Gasteiger partial charge < -0.3 is 9.84 Å². The van der Waals surface area contributed by atoms with Gasteiger partial charge in [0.1, 0.15) is 0 Å². The molecule has 0 aliphatic heterocycles. The van der Waals surface area contributed by atoms with Gasteiger partial charge in [-0.1, -0.05) is 20.3 Å². The Bertz CT molecular complexity index is 243. The van der Waals surface area contributed by atoms with Crippen LogP contribution in [0.25, 0.3) is 0 Å². The number of ether oxygens (including phenoxy) is 1. The Morgan fingerprint density at radius 2 is 2.20 bits per heavy atom. The molecule has 0 bridgehead atoms. The molecule has 1 aliphatic carbocycles. The van der Waals surface area contributed by atoms with Crippen LogP contribution in [-0.2, 0) is 9.53 Å². The summed E-state index contributed by atoms with van der Waals surface area (Å²) in [7, 11) is 0. The van der Waals surface area contributed by atoms with E-state index in [0.29, 0.717) is 6.61 Å². The maximum absolute atomic E-state index is 11.7. The molecule has 1 N–H and O–H groups in total. The van der Waals surface area contributed by atoms with Crippen molar-refractivity contribution in [1.29, 1.82) is 0 Å². The molecule has 1 fully saturated rings. The van der Waals surface area contributed by atoms with Crippen molar-refractivity contribution >= 4 is 5.97 Å². The zero-order valence-corrected chi connectivity index (χ0v) is 10.2. The first-order valence-electron chi connectivity index (χ1n) is 5.72. The lowest BCUT2D eigenvalue weighted by Crippen LogP contribution is -2.48. The van der Waals surface area contributed by atoms with E-state index in [9.17, 15) is 9.90 Å². The Labute approximate surface area is 91.8 Å². The van der Waals surface area contributed by atoms with Gasteiger partial charge in [0.05, 0.1) is 6.61 Å². The van der Waals surface area contributed by atoms with Crippen LogP contribution in [-0.4, -0.2) is 23.3 Å². The highest BCUT2D eigenvalue weighted by molar-refractivity contribution is 5.79. The highest BCUT2D eigenvalue weighted by Gasteiger charge is 2.50. The number of esters is 1. The van der Waals surface area contributed by atoms with Crippen LogP contribution in [0.5, 0.6) is 0 Å². The molecule has 3 nitrogen and oxygen atoms in total. The van der Waals surface area contributed by atoms with Gasteiger partial charge in [0, 0.05) is 5.92 Å². The van der Waals surface area contributed by atoms with Crippen molar-refractivity contribution in [3.63, 3.8) is 0 Å². The van der Waals surface area contributed by atoms with E-state index in [4.69, 9.17) is 4.74 Å². The minimum Gasteiger partial charge on any atom is -0.464 e. The standard InChI is InChI=1S/C12H22O3/c1-5-15-10(13)12(4,14)9-7-6-8-11(9,2)3/h9,14H,5-8H2,1-4H3. The Morgan fingerprint density at radius 3 is 2.60 bits per heavy atom. The molecule has 1 saturated carbocycles. The van der Waals surface area contributed by atoms with Gasteiger partial charge in [-0.05, 0) is 32.1 Å². The largest absolute Gasteiger partial charge is 0.464 e. The highest BCUT2D eigenvalue weighted by Crippen LogP contribution is 2.48. The van der Waals surface area contributed by atoms with Crippen molar-refractivity contribution in [2.45, 2.75) is 52.6 Å². The molecule has 15 heavy (non-hydrogen) atoms. The third kappa shape index (κ3) is 2.33. The summed E-state index contributed by atoms with van der Waals surface area (Å²) in [6.07, 6.45) is 3.04. The van der Waals surface area contributed by atoms with Crippen molar-refractivity contribution in [3.05, 3.63) is 0 Å². The van der Waals surface area contributed by atoms with Crippen molar-refractivity contribution < 1.29 is 14.6 Å². The minimum atomic E-state index is -1.34. The van der Waals surface area contributed by atoms with Gasteiger partial charge in [-0.25, -0.2) is 4.79 Å². The summed E-state index contributed by atoms with van der Waals surface area (Å²) >= 11 is 0. The molecule has 0 amide bonds. The van der Waals surface area contributed by atoms with Crippen LogP contribution >= 0.6 is 0 Å². The van der Waals surface area contributed by atoms with Crippen LogP contribution in [0, 0.1) is 11.3 Å². The summed E-state index contributed by atoms with van der Waals surface area (Å²) in [5, 5.41) is 10.3. The molecule has 0 spiro atoms. The van der Waals surface area contributed by atoms with Crippen LogP contribution in [0.3, 0.4) is 0 Å². The molecule has 0 radical (unpaired) electrons. The summed E-state index contributed by atoms with van der Waals surface area (Å²) in [6, 6.07) is 0. The lowest BCUT2D eigenvalue weighted by molar-refractivity contribution is -0.173. The molecule has 0 aromatic carbocycles. The van der Waals surface area contributed by atoms with Crippen LogP contribution in [0.2, 0.25) is 0 Å². The molecule has 0 aromatic heterocycles. The molecule has 0 saturated heterocycles. The van der Waals surface area contributed by atoms with E-state index >= 15 is 0 Å². The molecule has 2 unspecified atom stereocenters. The normalized spacial score (nSPS) is 28.5. The average Bonchev–Trinajstić information content (AvgIpc) is 2.46. The van der Waals surface area contributed by atoms with Crippen LogP contribution < -0.4 is 0 Å². The van der Waals surface area contributed by atoms with E-state index < -0.39 is 11.6 Å². The highest BCUT2D eigenvalue weighted by atomic mass is 16.5. The van der Waals surface area contributed by atoms with Gasteiger partial charge in [0.2, 0.25) is 0 Å². The van der Waals surface area contributed by atoms with Crippen LogP contribution in [0.15, 0.2) is 0 Å². The second-order valence-electron chi connectivity index (χ2n) is 5.30. The van der Waals surface area contributed by atoms with Crippen molar-refractivity contribution in [2.24, 2.45) is 11.3 Å². The first-order valence-corrected chi connectivity index (χ1v) is 5.72. The first kappa shape index (κ1) is 12.5. The molecule has 1 rings (SSSR count). The average molecular weight is 214 g/mol. The van der Waals surface area contributed by atoms with E-state index in [2.05, 4.69) is 13.8 Å². The predicted octanol–water partition coefficient (Wildman–Crippen LogP) is 2.13. The molecular weight excluding hydrogens is 192 g/mol. The fourth-order valence-corrected chi connectivity index (χ4v) is 2.79. The third-order valence-electron chi connectivity index (χ3n) is 3.62. The Morgan fingerprint density at radius 1 is 1.60 bits per heavy atom. The maximum Gasteiger partial charge on any atom is 0.338 e. The van der Waals surface area contributed by atoms with Gasteiger partial charge >= 0.3 is 5.97 Å². The second kappa shape index (κ2) is 4.12. The first-order chi connectivity index (χ1) is 6.82. The fourth-order valence-electron chi connectivity index (χ4n) is 2.79. The summed E-state index contributed by atoms with van der Waals surface area (Å²) < 4.78 is 4.92. The number of carbonyl (C=O) groups excluding carboxylic acids is 1. The maximum atomic E-state index is 11.7. The SMILES string of the molecule is CCOC(=O)C(C)(O)C1CCCC1(C)C. The van der Waals surface area contributed by atoms with Crippen LogP contribution in [0.4, 0.5) is 0 Å². The summed E-state index contributed by atoms with van der Waals surface area (Å²) in [6.45, 7) is 7.88. The fraction of sp³-hybridized carbons (Fsp3) is 0.917. The Kier molecular flexibility index (Phi) is 3.44. The van der Waals surface area contributed by atoms with Gasteiger partial charge in [-0.15, -0.1) is 0 Å². The van der Waals surface area contributed by atoms with E-state index in [-0.39, 0.29) is 11.3 Å². The van der Waals surface area contributed by atoms with Crippen molar-refractivity contribution in [3.8, 4) is 0 Å². The predicted molar refractivity (Wildman–Crippen MR) is 58.4 cm³/mol. The zero-order chi connectivity index (χ0) is 11.7. The van der Waals surface area contributed by atoms with E-state index in [1.165, 1.54) is 0 Å². The summed E-state index contributed by atoms with van der Waals surface area (Å²) in [5.74, 6) is -0.478. The molecule has 0 aromatic rings. The number of aliphatic hydroxyl groups is 1. The molecule has 88 valence electrons. The number of carbonyl (C=O) groups is 1. The third-order valence-corrected chi connectivity index (χ3v) is 3.62. The minimum absolute atomic E-state index is 0.00375. The van der Waals surface area contributed by atoms with E-state index in [0.717, 1.165) is 19.3 Å². The van der Waals surface area contributed by atoms with Gasteiger partial charge in [-0.3, -0.25) is 0 Å². The second-order valence-corrected chi connectivity index (χ2v) is 5.30. The quantitative estimate of drug-likeness (QED) is 0.732. The Balaban J connectivity index is 2.81. The molecule has 0 heterocycles. The van der Waals surface area contributed by atoms with Crippen LogP contribution in [0.1, 0.15) is 47.0 Å². The van der Waals surface area contributed by atoms with Gasteiger partial charge in [-0.2, -0.15) is 0 Å². The number of hydrogen-bond donors (Lipinski definition) is 1. The topological polar surface area (TPSA) is 46.5 Å². The van der Waals surface area contributed by atoms with Gasteiger partial charge in [0.15, 0.2) is 5.60 Å². The van der Waals surface area contributed by atoms with Gasteiger partial charge in [0.25, 0.3) is 0 Å². The van der Waals surface area contributed by atoms with Crippen molar-refractivity contribution in [2.75, 3.05) is 6.61 Å².